The molecule has 1 aromatic carbocycles. The topological polar surface area (TPSA) is 104 Å². The first kappa shape index (κ1) is 17.6. The number of rotatable bonds is 7. The Bertz CT molecular complexity index is 612. The number of aliphatic hydroxyl groups is 1. The molecule has 0 fully saturated rings. The van der Waals surface area contributed by atoms with E-state index in [0.29, 0.717) is 12.0 Å². The third kappa shape index (κ3) is 4.26. The second-order valence-electron chi connectivity index (χ2n) is 5.05. The molecule has 118 valence electrons. The van der Waals surface area contributed by atoms with Crippen LogP contribution in [0, 0.1) is 5.92 Å². The van der Waals surface area contributed by atoms with Gasteiger partial charge in [0, 0.05) is 12.6 Å². The number of carboxylic acids is 1. The second kappa shape index (κ2) is 7.02. The molecular formula is C14H21NO5S. The molecule has 0 saturated carbocycles. The van der Waals surface area contributed by atoms with Crippen LogP contribution in [0.2, 0.25) is 0 Å². The predicted molar refractivity (Wildman–Crippen MR) is 78.8 cm³/mol. The summed E-state index contributed by atoms with van der Waals surface area (Å²) in [5, 5.41) is 18.1. The summed E-state index contributed by atoms with van der Waals surface area (Å²) in [5.74, 6) is -1.42. The molecule has 0 aliphatic rings. The molecule has 0 bridgehead atoms. The van der Waals surface area contributed by atoms with E-state index in [9.17, 15) is 13.2 Å². The maximum Gasteiger partial charge on any atom is 0.335 e. The van der Waals surface area contributed by atoms with Crippen molar-refractivity contribution in [1.82, 2.24) is 4.72 Å². The van der Waals surface area contributed by atoms with Gasteiger partial charge in [-0.2, -0.15) is 0 Å². The smallest absolute Gasteiger partial charge is 0.335 e. The largest absolute Gasteiger partial charge is 0.478 e. The molecule has 3 N–H and O–H groups in total. The molecule has 1 aromatic rings. The fraction of sp³-hybridized carbons (Fsp3) is 0.500. The number of hydrogen-bond donors (Lipinski definition) is 3. The van der Waals surface area contributed by atoms with Crippen LogP contribution in [0.15, 0.2) is 23.1 Å². The van der Waals surface area contributed by atoms with Crippen LogP contribution in [-0.2, 0) is 16.4 Å². The minimum atomic E-state index is -3.84. The minimum absolute atomic E-state index is 0.0260. The van der Waals surface area contributed by atoms with Crippen molar-refractivity contribution in [3.8, 4) is 0 Å². The van der Waals surface area contributed by atoms with Crippen LogP contribution >= 0.6 is 0 Å². The molecular weight excluding hydrogens is 294 g/mol. The zero-order valence-electron chi connectivity index (χ0n) is 12.3. The Balaban J connectivity index is 3.23. The summed E-state index contributed by atoms with van der Waals surface area (Å²) in [4.78, 5) is 11.0. The Hall–Kier alpha value is -1.44. The summed E-state index contributed by atoms with van der Waals surface area (Å²) in [5.41, 5.74) is 0.479. The fourth-order valence-electron chi connectivity index (χ4n) is 1.81. The van der Waals surface area contributed by atoms with E-state index in [1.165, 1.54) is 18.2 Å². The van der Waals surface area contributed by atoms with E-state index < -0.39 is 22.0 Å². The molecule has 0 radical (unpaired) electrons. The lowest BCUT2D eigenvalue weighted by atomic mass is 10.1. The van der Waals surface area contributed by atoms with Crippen molar-refractivity contribution in [1.29, 1.82) is 0 Å². The van der Waals surface area contributed by atoms with Crippen molar-refractivity contribution in [2.75, 3.05) is 6.61 Å². The van der Waals surface area contributed by atoms with E-state index in [2.05, 4.69) is 4.72 Å². The first-order chi connectivity index (χ1) is 9.72. The Morgan fingerprint density at radius 3 is 2.43 bits per heavy atom. The van der Waals surface area contributed by atoms with Gasteiger partial charge in [-0.25, -0.2) is 17.9 Å². The lowest BCUT2D eigenvalue weighted by Gasteiger charge is -2.20. The molecule has 21 heavy (non-hydrogen) atoms. The van der Waals surface area contributed by atoms with Crippen LogP contribution in [-0.4, -0.2) is 37.2 Å². The maximum absolute atomic E-state index is 12.4. The Labute approximate surface area is 124 Å². The van der Waals surface area contributed by atoms with E-state index in [1.54, 1.807) is 20.8 Å². The second-order valence-corrected chi connectivity index (χ2v) is 6.73. The molecule has 0 amide bonds. The van der Waals surface area contributed by atoms with Gasteiger partial charge in [0.05, 0.1) is 10.5 Å². The summed E-state index contributed by atoms with van der Waals surface area (Å²) in [6, 6.07) is 3.61. The molecule has 7 heteroatoms. The molecule has 0 spiro atoms. The fourth-order valence-corrected chi connectivity index (χ4v) is 3.50. The van der Waals surface area contributed by atoms with Crippen LogP contribution in [0.5, 0.6) is 0 Å². The van der Waals surface area contributed by atoms with Gasteiger partial charge in [-0.1, -0.05) is 19.9 Å². The SMILES string of the molecule is CCc1ccc(C(=O)O)cc1S(=O)(=O)NC(C)C(C)CO. The van der Waals surface area contributed by atoms with E-state index in [4.69, 9.17) is 10.2 Å². The molecule has 0 saturated heterocycles. The summed E-state index contributed by atoms with van der Waals surface area (Å²) in [7, 11) is -3.84. The van der Waals surface area contributed by atoms with Crippen LogP contribution in [0.3, 0.4) is 0 Å². The third-order valence-corrected chi connectivity index (χ3v) is 5.11. The van der Waals surface area contributed by atoms with Gasteiger partial charge in [-0.15, -0.1) is 0 Å². The lowest BCUT2D eigenvalue weighted by Crippen LogP contribution is -2.38. The number of hydrogen-bond acceptors (Lipinski definition) is 4. The van der Waals surface area contributed by atoms with Gasteiger partial charge in [0.15, 0.2) is 0 Å². The van der Waals surface area contributed by atoms with Crippen LogP contribution in [0.4, 0.5) is 0 Å². The number of aromatic carboxylic acids is 1. The van der Waals surface area contributed by atoms with Gasteiger partial charge in [-0.3, -0.25) is 0 Å². The minimum Gasteiger partial charge on any atom is -0.478 e. The average molecular weight is 315 g/mol. The molecule has 0 aromatic heterocycles. The zero-order valence-corrected chi connectivity index (χ0v) is 13.1. The highest BCUT2D eigenvalue weighted by atomic mass is 32.2. The van der Waals surface area contributed by atoms with Crippen molar-refractivity contribution in [2.24, 2.45) is 5.92 Å². The van der Waals surface area contributed by atoms with Crippen molar-refractivity contribution < 1.29 is 23.4 Å². The van der Waals surface area contributed by atoms with Crippen molar-refractivity contribution in [2.45, 2.75) is 38.1 Å². The molecule has 0 heterocycles. The van der Waals surface area contributed by atoms with E-state index in [0.717, 1.165) is 0 Å². The molecule has 1 rings (SSSR count). The third-order valence-electron chi connectivity index (χ3n) is 3.47. The summed E-state index contributed by atoms with van der Waals surface area (Å²) in [6.07, 6.45) is 0.472. The highest BCUT2D eigenvalue weighted by molar-refractivity contribution is 7.89. The van der Waals surface area contributed by atoms with E-state index in [-0.39, 0.29) is 23.0 Å². The monoisotopic (exact) mass is 315 g/mol. The summed E-state index contributed by atoms with van der Waals surface area (Å²) < 4.78 is 27.3. The molecule has 0 aliphatic heterocycles. The number of sulfonamides is 1. The van der Waals surface area contributed by atoms with Crippen molar-refractivity contribution in [3.05, 3.63) is 29.3 Å². The average Bonchev–Trinajstić information content (AvgIpc) is 2.44. The Kier molecular flexibility index (Phi) is 5.88. The van der Waals surface area contributed by atoms with Crippen molar-refractivity contribution >= 4 is 16.0 Å². The summed E-state index contributed by atoms with van der Waals surface area (Å²) in [6.45, 7) is 5.04. The van der Waals surface area contributed by atoms with Crippen LogP contribution in [0.1, 0.15) is 36.7 Å². The standard InChI is InChI=1S/C14H21NO5S/c1-4-11-5-6-12(14(17)18)7-13(11)21(19,20)15-10(3)9(2)8-16/h5-7,9-10,15-16H,4,8H2,1-3H3,(H,17,18). The van der Waals surface area contributed by atoms with E-state index >= 15 is 0 Å². The molecule has 2 unspecified atom stereocenters. The zero-order chi connectivity index (χ0) is 16.2. The number of carbonyl (C=O) groups is 1. The van der Waals surface area contributed by atoms with Crippen molar-refractivity contribution in [3.63, 3.8) is 0 Å². The highest BCUT2D eigenvalue weighted by Gasteiger charge is 2.24. The van der Waals surface area contributed by atoms with Crippen LogP contribution < -0.4 is 4.72 Å². The Morgan fingerprint density at radius 2 is 1.95 bits per heavy atom. The van der Waals surface area contributed by atoms with Gasteiger partial charge in [-0.05, 0) is 37.0 Å². The van der Waals surface area contributed by atoms with Gasteiger partial charge >= 0.3 is 5.97 Å². The first-order valence-corrected chi connectivity index (χ1v) is 8.20. The number of aliphatic hydroxyl groups excluding tert-OH is 1. The van der Waals surface area contributed by atoms with Gasteiger partial charge in [0.25, 0.3) is 0 Å². The number of carboxylic acid groups (broad SMARTS) is 1. The quantitative estimate of drug-likeness (QED) is 0.702. The Morgan fingerprint density at radius 1 is 1.33 bits per heavy atom. The lowest BCUT2D eigenvalue weighted by molar-refractivity contribution is 0.0696. The summed E-state index contributed by atoms with van der Waals surface area (Å²) >= 11 is 0. The number of aryl methyl sites for hydroxylation is 1. The number of nitrogens with one attached hydrogen (secondary N) is 1. The normalized spacial score (nSPS) is 14.7. The highest BCUT2D eigenvalue weighted by Crippen LogP contribution is 2.20. The van der Waals surface area contributed by atoms with Gasteiger partial charge in [0.2, 0.25) is 10.0 Å². The molecule has 6 nitrogen and oxygen atoms in total. The molecule has 2 atom stereocenters. The maximum atomic E-state index is 12.4. The van der Waals surface area contributed by atoms with Gasteiger partial charge in [0.1, 0.15) is 0 Å². The van der Waals surface area contributed by atoms with Gasteiger partial charge < -0.3 is 10.2 Å². The number of benzene rings is 1. The molecule has 0 aliphatic carbocycles. The first-order valence-electron chi connectivity index (χ1n) is 6.72. The van der Waals surface area contributed by atoms with Crippen LogP contribution in [0.25, 0.3) is 0 Å². The van der Waals surface area contributed by atoms with E-state index in [1.807, 2.05) is 0 Å². The predicted octanol–water partition coefficient (Wildman–Crippen LogP) is 1.24.